The second kappa shape index (κ2) is 7.44. The molecule has 0 radical (unpaired) electrons. The van der Waals surface area contributed by atoms with Crippen molar-refractivity contribution in [1.29, 1.82) is 0 Å². The predicted molar refractivity (Wildman–Crippen MR) is 87.1 cm³/mol. The molecule has 4 heteroatoms. The molecule has 110 valence electrons. The zero-order valence-electron chi connectivity index (χ0n) is 12.0. The monoisotopic (exact) mass is 311 g/mol. The molecule has 1 amide bonds. The van der Waals surface area contributed by atoms with Crippen LogP contribution >= 0.6 is 11.6 Å². The Morgan fingerprint density at radius 3 is 2.18 bits per heavy atom. The SMILES string of the molecule is CC(=O)c1ccc(C#CCNC(=O)c2ccc(Cl)cc2)cc1. The van der Waals surface area contributed by atoms with E-state index in [1.807, 2.05) is 0 Å². The minimum absolute atomic E-state index is 0.0229. The summed E-state index contributed by atoms with van der Waals surface area (Å²) in [5.41, 5.74) is 1.99. The van der Waals surface area contributed by atoms with Crippen LogP contribution in [-0.4, -0.2) is 18.2 Å². The average Bonchev–Trinajstić information content (AvgIpc) is 2.52. The van der Waals surface area contributed by atoms with Gasteiger partial charge in [0.05, 0.1) is 6.54 Å². The lowest BCUT2D eigenvalue weighted by molar-refractivity contribution is 0.0957. The van der Waals surface area contributed by atoms with Crippen LogP contribution in [0.5, 0.6) is 0 Å². The van der Waals surface area contributed by atoms with Crippen molar-refractivity contribution in [3.05, 3.63) is 70.2 Å². The summed E-state index contributed by atoms with van der Waals surface area (Å²) in [4.78, 5) is 23.0. The van der Waals surface area contributed by atoms with Crippen LogP contribution < -0.4 is 5.32 Å². The number of benzene rings is 2. The van der Waals surface area contributed by atoms with Crippen LogP contribution in [0.25, 0.3) is 0 Å². The number of hydrogen-bond donors (Lipinski definition) is 1. The van der Waals surface area contributed by atoms with Crippen molar-refractivity contribution in [3.63, 3.8) is 0 Å². The molecule has 0 spiro atoms. The highest BCUT2D eigenvalue weighted by molar-refractivity contribution is 6.30. The molecule has 0 unspecified atom stereocenters. The summed E-state index contributed by atoms with van der Waals surface area (Å²) >= 11 is 5.77. The summed E-state index contributed by atoms with van der Waals surface area (Å²) in [6.07, 6.45) is 0. The van der Waals surface area contributed by atoms with E-state index in [1.165, 1.54) is 6.92 Å². The van der Waals surface area contributed by atoms with Crippen LogP contribution in [0.1, 0.15) is 33.2 Å². The molecule has 0 aromatic heterocycles. The molecule has 22 heavy (non-hydrogen) atoms. The molecule has 0 heterocycles. The highest BCUT2D eigenvalue weighted by Crippen LogP contribution is 2.09. The zero-order chi connectivity index (χ0) is 15.9. The van der Waals surface area contributed by atoms with Gasteiger partial charge in [-0.3, -0.25) is 9.59 Å². The lowest BCUT2D eigenvalue weighted by Gasteiger charge is -2.01. The molecule has 2 aromatic carbocycles. The molecular weight excluding hydrogens is 298 g/mol. The van der Waals surface area contributed by atoms with Crippen LogP contribution in [0, 0.1) is 11.8 Å². The van der Waals surface area contributed by atoms with E-state index in [4.69, 9.17) is 11.6 Å². The molecule has 2 aromatic rings. The molecule has 0 fully saturated rings. The van der Waals surface area contributed by atoms with Gasteiger partial charge in [-0.15, -0.1) is 0 Å². The third kappa shape index (κ3) is 4.47. The Hall–Kier alpha value is -2.57. The summed E-state index contributed by atoms with van der Waals surface area (Å²) in [5.74, 6) is 5.63. The van der Waals surface area contributed by atoms with Gasteiger partial charge in [0.2, 0.25) is 0 Å². The maximum atomic E-state index is 11.8. The minimum Gasteiger partial charge on any atom is -0.341 e. The first kappa shape index (κ1) is 15.8. The van der Waals surface area contributed by atoms with Crippen LogP contribution in [0.3, 0.4) is 0 Å². The van der Waals surface area contributed by atoms with Crippen molar-refractivity contribution in [2.75, 3.05) is 6.54 Å². The first-order valence-corrected chi connectivity index (χ1v) is 7.08. The van der Waals surface area contributed by atoms with E-state index in [1.54, 1.807) is 48.5 Å². The number of carbonyl (C=O) groups excluding carboxylic acids is 2. The van der Waals surface area contributed by atoms with E-state index in [0.29, 0.717) is 16.1 Å². The Bertz CT molecular complexity index is 737. The largest absolute Gasteiger partial charge is 0.341 e. The Labute approximate surface area is 134 Å². The van der Waals surface area contributed by atoms with Crippen molar-refractivity contribution >= 4 is 23.3 Å². The Balaban J connectivity index is 1.89. The Morgan fingerprint density at radius 1 is 1.00 bits per heavy atom. The van der Waals surface area contributed by atoms with Crippen molar-refractivity contribution in [3.8, 4) is 11.8 Å². The molecule has 0 bridgehead atoms. The summed E-state index contributed by atoms with van der Waals surface area (Å²) in [6.45, 7) is 1.77. The third-order valence-corrected chi connectivity index (χ3v) is 3.22. The molecular formula is C18H14ClNO2. The molecule has 0 aliphatic rings. The van der Waals surface area contributed by atoms with Gasteiger partial charge in [-0.25, -0.2) is 0 Å². The normalized spacial score (nSPS) is 9.55. The lowest BCUT2D eigenvalue weighted by atomic mass is 10.1. The Kier molecular flexibility index (Phi) is 5.35. The number of hydrogen-bond acceptors (Lipinski definition) is 2. The zero-order valence-corrected chi connectivity index (χ0v) is 12.8. The van der Waals surface area contributed by atoms with Gasteiger partial charge in [0.25, 0.3) is 5.91 Å². The topological polar surface area (TPSA) is 46.2 Å². The number of rotatable bonds is 3. The predicted octanol–water partition coefficient (Wildman–Crippen LogP) is 3.32. The third-order valence-electron chi connectivity index (χ3n) is 2.97. The second-order valence-corrected chi connectivity index (χ2v) is 5.06. The van der Waals surface area contributed by atoms with Crippen LogP contribution in [0.4, 0.5) is 0 Å². The fourth-order valence-electron chi connectivity index (χ4n) is 1.76. The number of ketones is 1. The van der Waals surface area contributed by atoms with E-state index >= 15 is 0 Å². The van der Waals surface area contributed by atoms with Crippen molar-refractivity contribution < 1.29 is 9.59 Å². The molecule has 0 atom stereocenters. The number of Topliss-reactive ketones (excluding diaryl/α,β-unsaturated/α-hetero) is 1. The molecule has 0 aliphatic heterocycles. The molecule has 2 rings (SSSR count). The standard InChI is InChI=1S/C18H14ClNO2/c1-13(21)15-6-4-14(5-7-15)3-2-12-20-18(22)16-8-10-17(19)11-9-16/h4-11H,12H2,1H3,(H,20,22). The highest BCUT2D eigenvalue weighted by Gasteiger charge is 2.02. The number of carbonyl (C=O) groups is 2. The number of amides is 1. The molecule has 0 saturated heterocycles. The van der Waals surface area contributed by atoms with Gasteiger partial charge in [0, 0.05) is 21.7 Å². The van der Waals surface area contributed by atoms with Gasteiger partial charge in [-0.05, 0) is 43.3 Å². The van der Waals surface area contributed by atoms with Gasteiger partial charge in [-0.1, -0.05) is 35.6 Å². The molecule has 0 saturated carbocycles. The van der Waals surface area contributed by atoms with Crippen molar-refractivity contribution in [2.24, 2.45) is 0 Å². The van der Waals surface area contributed by atoms with Crippen molar-refractivity contribution in [2.45, 2.75) is 6.92 Å². The van der Waals surface area contributed by atoms with Crippen LogP contribution in [0.2, 0.25) is 5.02 Å². The first-order valence-electron chi connectivity index (χ1n) is 6.70. The van der Waals surface area contributed by atoms with E-state index < -0.39 is 0 Å². The van der Waals surface area contributed by atoms with E-state index in [2.05, 4.69) is 17.2 Å². The molecule has 3 nitrogen and oxygen atoms in total. The summed E-state index contributed by atoms with van der Waals surface area (Å²) in [5, 5.41) is 3.30. The summed E-state index contributed by atoms with van der Waals surface area (Å²) in [7, 11) is 0. The first-order chi connectivity index (χ1) is 10.6. The minimum atomic E-state index is -0.196. The number of halogens is 1. The average molecular weight is 312 g/mol. The quantitative estimate of drug-likeness (QED) is 0.698. The van der Waals surface area contributed by atoms with E-state index in [0.717, 1.165) is 5.56 Å². The lowest BCUT2D eigenvalue weighted by Crippen LogP contribution is -2.23. The summed E-state index contributed by atoms with van der Waals surface area (Å²) < 4.78 is 0. The van der Waals surface area contributed by atoms with Gasteiger partial charge in [-0.2, -0.15) is 0 Å². The molecule has 0 aliphatic carbocycles. The maximum Gasteiger partial charge on any atom is 0.252 e. The fourth-order valence-corrected chi connectivity index (χ4v) is 1.89. The second-order valence-electron chi connectivity index (χ2n) is 4.62. The van der Waals surface area contributed by atoms with Crippen LogP contribution in [-0.2, 0) is 0 Å². The van der Waals surface area contributed by atoms with E-state index in [9.17, 15) is 9.59 Å². The van der Waals surface area contributed by atoms with Gasteiger partial charge in [0.1, 0.15) is 0 Å². The van der Waals surface area contributed by atoms with Gasteiger partial charge < -0.3 is 5.32 Å². The smallest absolute Gasteiger partial charge is 0.252 e. The number of nitrogens with one attached hydrogen (secondary N) is 1. The summed E-state index contributed by atoms with van der Waals surface area (Å²) in [6, 6.07) is 13.7. The Morgan fingerprint density at radius 2 is 1.59 bits per heavy atom. The maximum absolute atomic E-state index is 11.8. The highest BCUT2D eigenvalue weighted by atomic mass is 35.5. The van der Waals surface area contributed by atoms with Crippen LogP contribution in [0.15, 0.2) is 48.5 Å². The molecule has 1 N–H and O–H groups in total. The van der Waals surface area contributed by atoms with Gasteiger partial charge >= 0.3 is 0 Å². The van der Waals surface area contributed by atoms with Gasteiger partial charge in [0.15, 0.2) is 5.78 Å². The van der Waals surface area contributed by atoms with Crippen molar-refractivity contribution in [1.82, 2.24) is 5.32 Å². The van der Waals surface area contributed by atoms with E-state index in [-0.39, 0.29) is 18.2 Å². The fraction of sp³-hybridized carbons (Fsp3) is 0.111.